The molecule has 1 N–H and O–H groups in total. The minimum Gasteiger partial charge on any atom is -0.497 e. The van der Waals surface area contributed by atoms with Crippen molar-refractivity contribution in [3.63, 3.8) is 0 Å². The predicted molar refractivity (Wildman–Crippen MR) is 80.9 cm³/mol. The molecule has 2 aromatic rings. The fourth-order valence-electron chi connectivity index (χ4n) is 1.87. The zero-order valence-electron chi connectivity index (χ0n) is 12.2. The van der Waals surface area contributed by atoms with E-state index < -0.39 is 0 Å². The van der Waals surface area contributed by atoms with E-state index in [0.717, 1.165) is 35.3 Å². The average molecular weight is 258 g/mol. The maximum Gasteiger partial charge on any atom is 0.133 e. The molecule has 0 saturated carbocycles. The number of hydrogen-bond donors (Lipinski definition) is 1. The van der Waals surface area contributed by atoms with E-state index in [-0.39, 0.29) is 5.41 Å². The van der Waals surface area contributed by atoms with Crippen LogP contribution in [0.3, 0.4) is 0 Å². The van der Waals surface area contributed by atoms with Crippen molar-refractivity contribution in [1.82, 2.24) is 4.98 Å². The molecule has 0 unspecified atom stereocenters. The Hall–Kier alpha value is -1.77. The summed E-state index contributed by atoms with van der Waals surface area (Å²) in [6.07, 6.45) is 2.97. The third-order valence-corrected chi connectivity index (χ3v) is 3.66. The number of nitrogens with one attached hydrogen (secondary N) is 1. The van der Waals surface area contributed by atoms with Gasteiger partial charge < -0.3 is 10.1 Å². The van der Waals surface area contributed by atoms with E-state index in [1.54, 1.807) is 7.11 Å². The Morgan fingerprint density at radius 2 is 2.05 bits per heavy atom. The number of nitrogens with zero attached hydrogens (tertiary/aromatic N) is 1. The second-order valence-electron chi connectivity index (χ2n) is 5.62. The van der Waals surface area contributed by atoms with Gasteiger partial charge in [0.1, 0.15) is 11.6 Å². The van der Waals surface area contributed by atoms with Crippen LogP contribution in [0.4, 0.5) is 5.82 Å². The summed E-state index contributed by atoms with van der Waals surface area (Å²) < 4.78 is 5.25. The van der Waals surface area contributed by atoms with Crippen LogP contribution >= 0.6 is 0 Å². The molecule has 0 saturated heterocycles. The molecule has 0 spiro atoms. The number of aromatic nitrogens is 1. The zero-order chi connectivity index (χ0) is 13.9. The Morgan fingerprint density at radius 3 is 2.74 bits per heavy atom. The minimum absolute atomic E-state index is 0.274. The van der Waals surface area contributed by atoms with Crippen molar-refractivity contribution in [2.24, 2.45) is 5.41 Å². The summed E-state index contributed by atoms with van der Waals surface area (Å²) in [4.78, 5) is 4.45. The Bertz CT molecular complexity index is 564. The highest BCUT2D eigenvalue weighted by atomic mass is 16.5. The molecule has 0 radical (unpaired) electrons. The smallest absolute Gasteiger partial charge is 0.133 e. The van der Waals surface area contributed by atoms with Gasteiger partial charge in [-0.25, -0.2) is 4.98 Å². The van der Waals surface area contributed by atoms with Crippen LogP contribution in [0.15, 0.2) is 30.5 Å². The van der Waals surface area contributed by atoms with Gasteiger partial charge in [-0.2, -0.15) is 0 Å². The van der Waals surface area contributed by atoms with Crippen molar-refractivity contribution in [2.45, 2.75) is 27.2 Å². The summed E-state index contributed by atoms with van der Waals surface area (Å²) in [5, 5.41) is 5.74. The molecule has 0 bridgehead atoms. The van der Waals surface area contributed by atoms with Crippen molar-refractivity contribution in [1.29, 1.82) is 0 Å². The molecular formula is C16H22N2O. The molecule has 0 fully saturated rings. The molecule has 1 aromatic heterocycles. The fourth-order valence-corrected chi connectivity index (χ4v) is 1.87. The van der Waals surface area contributed by atoms with E-state index >= 15 is 0 Å². The fraction of sp³-hybridized carbons (Fsp3) is 0.438. The van der Waals surface area contributed by atoms with Crippen LogP contribution in [0.25, 0.3) is 10.8 Å². The van der Waals surface area contributed by atoms with Crippen LogP contribution in [0.2, 0.25) is 0 Å². The van der Waals surface area contributed by atoms with Gasteiger partial charge in [-0.15, -0.1) is 0 Å². The lowest BCUT2D eigenvalue weighted by Crippen LogP contribution is -2.22. The van der Waals surface area contributed by atoms with Gasteiger partial charge in [0.05, 0.1) is 7.11 Å². The first-order chi connectivity index (χ1) is 9.05. The lowest BCUT2D eigenvalue weighted by molar-refractivity contribution is 0.376. The molecule has 0 aliphatic rings. The third-order valence-electron chi connectivity index (χ3n) is 3.66. The van der Waals surface area contributed by atoms with Crippen LogP contribution in [-0.2, 0) is 0 Å². The van der Waals surface area contributed by atoms with Gasteiger partial charge in [-0.1, -0.05) is 20.8 Å². The van der Waals surface area contributed by atoms with Crippen molar-refractivity contribution in [3.8, 4) is 5.75 Å². The molecule has 1 heterocycles. The minimum atomic E-state index is 0.274. The monoisotopic (exact) mass is 258 g/mol. The molecule has 0 aliphatic heterocycles. The van der Waals surface area contributed by atoms with Crippen molar-refractivity contribution < 1.29 is 4.74 Å². The SMILES string of the molecule is CCC(C)(C)CNc1nccc2cc(OC)ccc12. The normalized spacial score (nSPS) is 11.6. The van der Waals surface area contributed by atoms with Gasteiger partial charge in [-0.3, -0.25) is 0 Å². The van der Waals surface area contributed by atoms with Gasteiger partial charge in [0.15, 0.2) is 0 Å². The first-order valence-corrected chi connectivity index (χ1v) is 6.72. The van der Waals surface area contributed by atoms with Gasteiger partial charge in [0, 0.05) is 18.1 Å². The Kier molecular flexibility index (Phi) is 3.93. The van der Waals surface area contributed by atoms with E-state index in [4.69, 9.17) is 4.74 Å². The number of hydrogen-bond acceptors (Lipinski definition) is 3. The Labute approximate surface area is 115 Å². The van der Waals surface area contributed by atoms with E-state index in [1.807, 2.05) is 24.4 Å². The standard InChI is InChI=1S/C16H22N2O/c1-5-16(2,3)11-18-15-14-7-6-13(19-4)10-12(14)8-9-17-15/h6-10H,5,11H2,1-4H3,(H,17,18). The maximum absolute atomic E-state index is 5.25. The van der Waals surface area contributed by atoms with E-state index in [2.05, 4.69) is 37.1 Å². The highest BCUT2D eigenvalue weighted by Gasteiger charge is 2.15. The average Bonchev–Trinajstić information content (AvgIpc) is 2.44. The Balaban J connectivity index is 2.29. The summed E-state index contributed by atoms with van der Waals surface area (Å²) in [5.74, 6) is 1.82. The van der Waals surface area contributed by atoms with Crippen LogP contribution < -0.4 is 10.1 Å². The largest absolute Gasteiger partial charge is 0.497 e. The number of anilines is 1. The van der Waals surface area contributed by atoms with Crippen LogP contribution in [0.5, 0.6) is 5.75 Å². The highest BCUT2D eigenvalue weighted by molar-refractivity contribution is 5.92. The molecule has 2 rings (SSSR count). The van der Waals surface area contributed by atoms with Gasteiger partial charge >= 0.3 is 0 Å². The van der Waals surface area contributed by atoms with Gasteiger partial charge in [0.25, 0.3) is 0 Å². The summed E-state index contributed by atoms with van der Waals surface area (Å²) in [5.41, 5.74) is 0.274. The van der Waals surface area contributed by atoms with Crippen LogP contribution in [-0.4, -0.2) is 18.6 Å². The van der Waals surface area contributed by atoms with Crippen molar-refractivity contribution in [3.05, 3.63) is 30.5 Å². The lowest BCUT2D eigenvalue weighted by atomic mass is 9.90. The summed E-state index contributed by atoms with van der Waals surface area (Å²) in [6, 6.07) is 8.07. The van der Waals surface area contributed by atoms with Crippen molar-refractivity contribution in [2.75, 3.05) is 19.0 Å². The summed E-state index contributed by atoms with van der Waals surface area (Å²) in [6.45, 7) is 7.65. The number of ether oxygens (including phenoxy) is 1. The molecule has 1 aromatic carbocycles. The van der Waals surface area contributed by atoms with Crippen LogP contribution in [0.1, 0.15) is 27.2 Å². The molecular weight excluding hydrogens is 236 g/mol. The second kappa shape index (κ2) is 5.47. The third kappa shape index (κ3) is 3.16. The van der Waals surface area contributed by atoms with E-state index in [9.17, 15) is 0 Å². The highest BCUT2D eigenvalue weighted by Crippen LogP contribution is 2.27. The molecule has 3 nitrogen and oxygen atoms in total. The Morgan fingerprint density at radius 1 is 1.26 bits per heavy atom. The first kappa shape index (κ1) is 13.7. The lowest BCUT2D eigenvalue weighted by Gasteiger charge is -2.23. The molecule has 0 amide bonds. The quantitative estimate of drug-likeness (QED) is 0.877. The summed E-state index contributed by atoms with van der Waals surface area (Å²) >= 11 is 0. The molecule has 0 aliphatic carbocycles. The molecule has 3 heteroatoms. The topological polar surface area (TPSA) is 34.2 Å². The summed E-state index contributed by atoms with van der Waals surface area (Å²) in [7, 11) is 1.69. The van der Waals surface area contributed by atoms with E-state index in [1.165, 1.54) is 0 Å². The van der Waals surface area contributed by atoms with E-state index in [0.29, 0.717) is 0 Å². The van der Waals surface area contributed by atoms with Gasteiger partial charge in [-0.05, 0) is 41.5 Å². The molecule has 19 heavy (non-hydrogen) atoms. The zero-order valence-corrected chi connectivity index (χ0v) is 12.2. The first-order valence-electron chi connectivity index (χ1n) is 6.72. The number of rotatable bonds is 5. The molecule has 0 atom stereocenters. The number of fused-ring (bicyclic) bond motifs is 1. The second-order valence-corrected chi connectivity index (χ2v) is 5.62. The van der Waals surface area contributed by atoms with Crippen LogP contribution in [0, 0.1) is 5.41 Å². The van der Waals surface area contributed by atoms with Gasteiger partial charge in [0.2, 0.25) is 0 Å². The van der Waals surface area contributed by atoms with Crippen molar-refractivity contribution >= 4 is 16.6 Å². The number of benzene rings is 1. The predicted octanol–water partition coefficient (Wildman–Crippen LogP) is 4.09. The number of pyridine rings is 1. The maximum atomic E-state index is 5.25. The molecule has 102 valence electrons. The number of methoxy groups -OCH3 is 1.